The van der Waals surface area contributed by atoms with Gasteiger partial charge < -0.3 is 15.8 Å². The van der Waals surface area contributed by atoms with Gasteiger partial charge in [0.1, 0.15) is 12.4 Å². The van der Waals surface area contributed by atoms with Gasteiger partial charge in [0.25, 0.3) is 0 Å². The number of nitrogens with one attached hydrogen (secondary N) is 1. The highest BCUT2D eigenvalue weighted by molar-refractivity contribution is 5.92. The van der Waals surface area contributed by atoms with Crippen molar-refractivity contribution in [3.63, 3.8) is 0 Å². The summed E-state index contributed by atoms with van der Waals surface area (Å²) < 4.78 is 5.48. The lowest BCUT2D eigenvalue weighted by molar-refractivity contribution is 0.327. The van der Waals surface area contributed by atoms with Crippen LogP contribution in [0, 0.1) is 0 Å². The van der Waals surface area contributed by atoms with Gasteiger partial charge in [0.05, 0.1) is 12.7 Å². The number of aryl methyl sites for hydroxylation is 1. The van der Waals surface area contributed by atoms with Gasteiger partial charge in [0.2, 0.25) is 0 Å². The van der Waals surface area contributed by atoms with Gasteiger partial charge in [0.15, 0.2) is 5.96 Å². The fraction of sp³-hybridized carbons (Fsp3) is 0.250. The molecule has 0 spiro atoms. The number of pyridine rings is 1. The maximum absolute atomic E-state index is 5.83. The summed E-state index contributed by atoms with van der Waals surface area (Å²) in [5.74, 6) is 1.11. The number of hydrogen-bond donors (Lipinski definition) is 2. The van der Waals surface area contributed by atoms with Crippen LogP contribution in [-0.4, -0.2) is 24.1 Å². The van der Waals surface area contributed by atoms with E-state index in [1.807, 2.05) is 24.3 Å². The molecule has 0 bridgehead atoms. The minimum absolute atomic E-state index is 0.383. The van der Waals surface area contributed by atoms with Crippen LogP contribution >= 0.6 is 0 Å². The Kier molecular flexibility index (Phi) is 5.58. The van der Waals surface area contributed by atoms with E-state index in [-0.39, 0.29) is 0 Å². The van der Waals surface area contributed by atoms with Crippen molar-refractivity contribution in [1.29, 1.82) is 0 Å². The number of hydrogen-bond acceptors (Lipinski definition) is 3. The number of nitrogens with zero attached hydrogens (tertiary/aromatic N) is 2. The van der Waals surface area contributed by atoms with Crippen molar-refractivity contribution in [3.05, 3.63) is 54.4 Å². The first-order valence-corrected chi connectivity index (χ1v) is 6.96. The second-order valence-corrected chi connectivity index (χ2v) is 4.48. The SMILES string of the molecule is CCc1ccc(NC(N)=NCCOc2cccnc2)cc1. The second kappa shape index (κ2) is 7.89. The smallest absolute Gasteiger partial charge is 0.193 e. The van der Waals surface area contributed by atoms with Gasteiger partial charge in [-0.2, -0.15) is 0 Å². The van der Waals surface area contributed by atoms with Crippen molar-refractivity contribution in [2.24, 2.45) is 10.7 Å². The van der Waals surface area contributed by atoms with Crippen molar-refractivity contribution in [1.82, 2.24) is 4.98 Å². The summed E-state index contributed by atoms with van der Waals surface area (Å²) in [6, 6.07) is 11.8. The monoisotopic (exact) mass is 284 g/mol. The number of aliphatic imine (C=N–C) groups is 1. The van der Waals surface area contributed by atoms with Crippen LogP contribution in [-0.2, 0) is 6.42 Å². The molecule has 0 atom stereocenters. The Morgan fingerprint density at radius 1 is 1.29 bits per heavy atom. The van der Waals surface area contributed by atoms with E-state index in [0.29, 0.717) is 19.1 Å². The third-order valence-electron chi connectivity index (χ3n) is 2.91. The highest BCUT2D eigenvalue weighted by Crippen LogP contribution is 2.09. The summed E-state index contributed by atoms with van der Waals surface area (Å²) in [4.78, 5) is 8.19. The van der Waals surface area contributed by atoms with Gasteiger partial charge in [-0.05, 0) is 36.2 Å². The number of anilines is 1. The first-order valence-electron chi connectivity index (χ1n) is 6.96. The fourth-order valence-corrected chi connectivity index (χ4v) is 1.77. The molecule has 0 saturated carbocycles. The van der Waals surface area contributed by atoms with E-state index >= 15 is 0 Å². The molecular weight excluding hydrogens is 264 g/mol. The lowest BCUT2D eigenvalue weighted by Crippen LogP contribution is -2.23. The molecule has 0 aliphatic heterocycles. The molecule has 0 aliphatic carbocycles. The maximum atomic E-state index is 5.83. The Bertz CT molecular complexity index is 567. The lowest BCUT2D eigenvalue weighted by Gasteiger charge is -2.07. The molecular formula is C16H20N4O. The molecule has 3 N–H and O–H groups in total. The summed E-state index contributed by atoms with van der Waals surface area (Å²) in [5, 5.41) is 3.05. The molecule has 5 nitrogen and oxygen atoms in total. The van der Waals surface area contributed by atoms with Crippen LogP contribution in [0.3, 0.4) is 0 Å². The van der Waals surface area contributed by atoms with E-state index in [1.165, 1.54) is 5.56 Å². The van der Waals surface area contributed by atoms with Crippen molar-refractivity contribution in [2.75, 3.05) is 18.5 Å². The zero-order valence-corrected chi connectivity index (χ0v) is 12.1. The Labute approximate surface area is 124 Å². The van der Waals surface area contributed by atoms with E-state index in [4.69, 9.17) is 10.5 Å². The van der Waals surface area contributed by atoms with Crippen molar-refractivity contribution in [2.45, 2.75) is 13.3 Å². The largest absolute Gasteiger partial charge is 0.490 e. The van der Waals surface area contributed by atoms with Gasteiger partial charge >= 0.3 is 0 Å². The molecule has 0 radical (unpaired) electrons. The van der Waals surface area contributed by atoms with Crippen LogP contribution in [0.5, 0.6) is 5.75 Å². The van der Waals surface area contributed by atoms with E-state index in [9.17, 15) is 0 Å². The number of rotatable bonds is 6. The molecule has 2 rings (SSSR count). The maximum Gasteiger partial charge on any atom is 0.193 e. The number of ether oxygens (including phenoxy) is 1. The summed E-state index contributed by atoms with van der Waals surface area (Å²) in [6.45, 7) is 3.07. The van der Waals surface area contributed by atoms with E-state index < -0.39 is 0 Å². The van der Waals surface area contributed by atoms with E-state index in [0.717, 1.165) is 17.9 Å². The first kappa shape index (κ1) is 14.8. The average molecular weight is 284 g/mol. The molecule has 0 amide bonds. The summed E-state index contributed by atoms with van der Waals surface area (Å²) in [5.41, 5.74) is 8.05. The Morgan fingerprint density at radius 3 is 2.76 bits per heavy atom. The number of benzene rings is 1. The highest BCUT2D eigenvalue weighted by atomic mass is 16.5. The average Bonchev–Trinajstić information content (AvgIpc) is 2.53. The summed E-state index contributed by atoms with van der Waals surface area (Å²) >= 11 is 0. The molecule has 5 heteroatoms. The molecule has 1 aromatic heterocycles. The Balaban J connectivity index is 1.75. The third-order valence-corrected chi connectivity index (χ3v) is 2.91. The summed E-state index contributed by atoms with van der Waals surface area (Å²) in [6.07, 6.45) is 4.40. The van der Waals surface area contributed by atoms with Crippen molar-refractivity contribution in [3.8, 4) is 5.75 Å². The Morgan fingerprint density at radius 2 is 2.10 bits per heavy atom. The normalized spacial score (nSPS) is 11.2. The molecule has 0 aliphatic rings. The van der Waals surface area contributed by atoms with Crippen molar-refractivity contribution < 1.29 is 4.74 Å². The van der Waals surface area contributed by atoms with Crippen LogP contribution in [0.2, 0.25) is 0 Å². The Hall–Kier alpha value is -2.56. The minimum atomic E-state index is 0.383. The molecule has 2 aromatic rings. The second-order valence-electron chi connectivity index (χ2n) is 4.48. The molecule has 0 unspecified atom stereocenters. The zero-order chi connectivity index (χ0) is 14.9. The third kappa shape index (κ3) is 5.14. The minimum Gasteiger partial charge on any atom is -0.490 e. The molecule has 110 valence electrons. The molecule has 1 heterocycles. The lowest BCUT2D eigenvalue weighted by atomic mass is 10.1. The van der Waals surface area contributed by atoms with Gasteiger partial charge in [-0.1, -0.05) is 19.1 Å². The number of aromatic nitrogens is 1. The standard InChI is InChI=1S/C16H20N4O/c1-2-13-5-7-14(8-6-13)20-16(17)19-10-11-21-15-4-3-9-18-12-15/h3-9,12H,2,10-11H2,1H3,(H3,17,19,20). The highest BCUT2D eigenvalue weighted by Gasteiger charge is 1.96. The van der Waals surface area contributed by atoms with Crippen LogP contribution in [0.25, 0.3) is 0 Å². The van der Waals surface area contributed by atoms with Crippen LogP contribution < -0.4 is 15.8 Å². The predicted molar refractivity (Wildman–Crippen MR) is 85.7 cm³/mol. The van der Waals surface area contributed by atoms with Crippen LogP contribution in [0.1, 0.15) is 12.5 Å². The van der Waals surface area contributed by atoms with Gasteiger partial charge in [-0.25, -0.2) is 4.99 Å². The molecule has 1 aromatic carbocycles. The van der Waals surface area contributed by atoms with Gasteiger partial charge in [-0.15, -0.1) is 0 Å². The number of guanidine groups is 1. The first-order chi connectivity index (χ1) is 10.3. The molecule has 0 saturated heterocycles. The summed E-state index contributed by atoms with van der Waals surface area (Å²) in [7, 11) is 0. The van der Waals surface area contributed by atoms with Crippen LogP contribution in [0.15, 0.2) is 53.8 Å². The fourth-order valence-electron chi connectivity index (χ4n) is 1.77. The molecule has 21 heavy (non-hydrogen) atoms. The zero-order valence-electron chi connectivity index (χ0n) is 12.1. The van der Waals surface area contributed by atoms with Crippen LogP contribution in [0.4, 0.5) is 5.69 Å². The predicted octanol–water partition coefficient (Wildman–Crippen LogP) is 2.45. The number of nitrogens with two attached hydrogens (primary N) is 1. The van der Waals surface area contributed by atoms with Gasteiger partial charge in [-0.3, -0.25) is 4.98 Å². The van der Waals surface area contributed by atoms with E-state index in [1.54, 1.807) is 12.4 Å². The topological polar surface area (TPSA) is 72.5 Å². The quantitative estimate of drug-likeness (QED) is 0.485. The van der Waals surface area contributed by atoms with Crippen molar-refractivity contribution >= 4 is 11.6 Å². The molecule has 0 fully saturated rings. The van der Waals surface area contributed by atoms with Gasteiger partial charge in [0, 0.05) is 11.9 Å². The van der Waals surface area contributed by atoms with E-state index in [2.05, 4.69) is 34.3 Å².